The Kier molecular flexibility index (Phi) is 4.19. The lowest BCUT2D eigenvalue weighted by Gasteiger charge is -2.20. The number of rotatable bonds is 4. The Morgan fingerprint density at radius 2 is 1.95 bits per heavy atom. The average molecular weight is 273 g/mol. The molecule has 2 rings (SSSR count). The summed E-state index contributed by atoms with van der Waals surface area (Å²) in [7, 11) is 0. The quantitative estimate of drug-likeness (QED) is 0.918. The molecule has 2 N–H and O–H groups in total. The van der Waals surface area contributed by atoms with Gasteiger partial charge in [0.2, 0.25) is 0 Å². The first-order chi connectivity index (χ1) is 9.40. The predicted molar refractivity (Wildman–Crippen MR) is 80.8 cm³/mol. The monoisotopic (exact) mass is 273 g/mol. The molecule has 0 spiro atoms. The summed E-state index contributed by atoms with van der Waals surface area (Å²) in [6.45, 7) is 9.61. The van der Waals surface area contributed by atoms with Gasteiger partial charge in [0.25, 0.3) is 0 Å². The Morgan fingerprint density at radius 3 is 2.50 bits per heavy atom. The maximum atomic E-state index is 5.81. The van der Waals surface area contributed by atoms with Crippen LogP contribution in [0.3, 0.4) is 0 Å². The molecule has 3 heteroatoms. The number of ether oxygens (including phenoxy) is 1. The van der Waals surface area contributed by atoms with Gasteiger partial charge in [-0.25, -0.2) is 0 Å². The summed E-state index contributed by atoms with van der Waals surface area (Å²) >= 11 is 0. The number of hydrogen-bond acceptors (Lipinski definition) is 3. The molecule has 0 amide bonds. The molecule has 0 aliphatic rings. The highest BCUT2D eigenvalue weighted by Crippen LogP contribution is 2.28. The second kappa shape index (κ2) is 5.71. The summed E-state index contributed by atoms with van der Waals surface area (Å²) in [5.74, 6) is 1.69. The third-order valence-corrected chi connectivity index (χ3v) is 3.35. The largest absolute Gasteiger partial charge is 0.485 e. The molecule has 1 heterocycles. The summed E-state index contributed by atoms with van der Waals surface area (Å²) < 4.78 is 11.2. The molecule has 1 aromatic heterocycles. The topological polar surface area (TPSA) is 48.4 Å². The normalized spacial score (nSPS) is 11.7. The van der Waals surface area contributed by atoms with Crippen molar-refractivity contribution >= 4 is 0 Å². The van der Waals surface area contributed by atoms with E-state index in [4.69, 9.17) is 14.9 Å². The number of nitrogens with two attached hydrogens (primary N) is 1. The van der Waals surface area contributed by atoms with Gasteiger partial charge in [-0.05, 0) is 35.6 Å². The van der Waals surface area contributed by atoms with Gasteiger partial charge in [0.15, 0.2) is 0 Å². The van der Waals surface area contributed by atoms with Crippen LogP contribution < -0.4 is 10.5 Å². The minimum Gasteiger partial charge on any atom is -0.485 e. The highest BCUT2D eigenvalue weighted by Gasteiger charge is 2.14. The lowest BCUT2D eigenvalue weighted by atomic mass is 9.86. The van der Waals surface area contributed by atoms with Crippen LogP contribution in [0.4, 0.5) is 0 Å². The van der Waals surface area contributed by atoms with E-state index >= 15 is 0 Å². The summed E-state index contributed by atoms with van der Waals surface area (Å²) in [6.07, 6.45) is 1.67. The van der Waals surface area contributed by atoms with Crippen LogP contribution in [-0.2, 0) is 18.6 Å². The molecule has 0 unspecified atom stereocenters. The standard InChI is InChI=1S/C17H23NO2/c1-12-7-14(17(2,3)4)5-6-16(12)20-11-15-8-13(9-18)10-19-15/h5-8,10H,9,11,18H2,1-4H3. The van der Waals surface area contributed by atoms with Crippen molar-refractivity contribution in [2.45, 2.75) is 46.3 Å². The lowest BCUT2D eigenvalue weighted by Crippen LogP contribution is -2.11. The third kappa shape index (κ3) is 3.42. The van der Waals surface area contributed by atoms with Crippen LogP contribution in [0.5, 0.6) is 5.75 Å². The van der Waals surface area contributed by atoms with E-state index in [0.29, 0.717) is 13.2 Å². The number of hydrogen-bond donors (Lipinski definition) is 1. The molecular formula is C17H23NO2. The van der Waals surface area contributed by atoms with Crippen LogP contribution >= 0.6 is 0 Å². The molecule has 0 aliphatic heterocycles. The predicted octanol–water partition coefficient (Wildman–Crippen LogP) is 3.92. The minimum atomic E-state index is 0.153. The second-order valence-corrected chi connectivity index (χ2v) is 6.14. The Hall–Kier alpha value is -1.74. The molecule has 108 valence electrons. The van der Waals surface area contributed by atoms with Crippen LogP contribution in [0.25, 0.3) is 0 Å². The van der Waals surface area contributed by atoms with E-state index in [9.17, 15) is 0 Å². The van der Waals surface area contributed by atoms with Crippen LogP contribution in [0.1, 0.15) is 43.2 Å². The van der Waals surface area contributed by atoms with Crippen molar-refractivity contribution in [2.24, 2.45) is 5.73 Å². The van der Waals surface area contributed by atoms with Crippen molar-refractivity contribution in [1.29, 1.82) is 0 Å². The molecule has 2 aromatic rings. The molecule has 0 radical (unpaired) electrons. The Bertz CT molecular complexity index is 579. The van der Waals surface area contributed by atoms with Gasteiger partial charge in [-0.1, -0.05) is 32.9 Å². The van der Waals surface area contributed by atoms with Gasteiger partial charge in [-0.3, -0.25) is 0 Å². The van der Waals surface area contributed by atoms with Gasteiger partial charge in [0.05, 0.1) is 6.26 Å². The van der Waals surface area contributed by atoms with Crippen LogP contribution in [0.2, 0.25) is 0 Å². The maximum absolute atomic E-state index is 5.81. The third-order valence-electron chi connectivity index (χ3n) is 3.35. The lowest BCUT2D eigenvalue weighted by molar-refractivity contribution is 0.268. The van der Waals surface area contributed by atoms with Crippen molar-refractivity contribution in [2.75, 3.05) is 0 Å². The van der Waals surface area contributed by atoms with E-state index in [2.05, 4.69) is 39.8 Å². The summed E-state index contributed by atoms with van der Waals surface area (Å²) in [5, 5.41) is 0. The Labute approximate surface area is 120 Å². The molecule has 0 saturated carbocycles. The van der Waals surface area contributed by atoms with E-state index < -0.39 is 0 Å². The van der Waals surface area contributed by atoms with Crippen LogP contribution in [0, 0.1) is 6.92 Å². The molecule has 0 atom stereocenters. The molecule has 0 saturated heterocycles. The Morgan fingerprint density at radius 1 is 1.20 bits per heavy atom. The van der Waals surface area contributed by atoms with Gasteiger partial charge in [0, 0.05) is 12.1 Å². The smallest absolute Gasteiger partial charge is 0.146 e. The van der Waals surface area contributed by atoms with E-state index in [1.165, 1.54) is 5.56 Å². The van der Waals surface area contributed by atoms with Gasteiger partial charge in [-0.2, -0.15) is 0 Å². The zero-order valence-corrected chi connectivity index (χ0v) is 12.7. The SMILES string of the molecule is Cc1cc(C(C)(C)C)ccc1OCc1cc(CN)co1. The highest BCUT2D eigenvalue weighted by atomic mass is 16.5. The summed E-state index contributed by atoms with van der Waals surface area (Å²) in [6, 6.07) is 8.26. The molecule has 3 nitrogen and oxygen atoms in total. The maximum Gasteiger partial charge on any atom is 0.146 e. The summed E-state index contributed by atoms with van der Waals surface area (Å²) in [5.41, 5.74) is 9.15. The molecule has 0 bridgehead atoms. The highest BCUT2D eigenvalue weighted by molar-refractivity contribution is 5.38. The first-order valence-electron chi connectivity index (χ1n) is 6.90. The number of benzene rings is 1. The van der Waals surface area contributed by atoms with Gasteiger partial charge < -0.3 is 14.9 Å². The van der Waals surface area contributed by atoms with Crippen LogP contribution in [0.15, 0.2) is 34.9 Å². The fourth-order valence-electron chi connectivity index (χ4n) is 2.04. The van der Waals surface area contributed by atoms with Gasteiger partial charge >= 0.3 is 0 Å². The van der Waals surface area contributed by atoms with Crippen molar-refractivity contribution in [1.82, 2.24) is 0 Å². The van der Waals surface area contributed by atoms with Crippen molar-refractivity contribution < 1.29 is 9.15 Å². The van der Waals surface area contributed by atoms with E-state index in [-0.39, 0.29) is 5.41 Å². The van der Waals surface area contributed by atoms with E-state index in [0.717, 1.165) is 22.6 Å². The van der Waals surface area contributed by atoms with E-state index in [1.807, 2.05) is 12.1 Å². The minimum absolute atomic E-state index is 0.153. The Balaban J connectivity index is 2.06. The first-order valence-corrected chi connectivity index (χ1v) is 6.90. The number of furan rings is 1. The molecular weight excluding hydrogens is 250 g/mol. The summed E-state index contributed by atoms with van der Waals surface area (Å²) in [4.78, 5) is 0. The van der Waals surface area contributed by atoms with Crippen molar-refractivity contribution in [3.63, 3.8) is 0 Å². The van der Waals surface area contributed by atoms with Gasteiger partial charge in [0.1, 0.15) is 18.1 Å². The average Bonchev–Trinajstić information content (AvgIpc) is 2.84. The van der Waals surface area contributed by atoms with Crippen molar-refractivity contribution in [3.05, 3.63) is 53.0 Å². The fourth-order valence-corrected chi connectivity index (χ4v) is 2.04. The second-order valence-electron chi connectivity index (χ2n) is 6.14. The fraction of sp³-hybridized carbons (Fsp3) is 0.412. The van der Waals surface area contributed by atoms with Gasteiger partial charge in [-0.15, -0.1) is 0 Å². The molecule has 0 aliphatic carbocycles. The van der Waals surface area contributed by atoms with Crippen molar-refractivity contribution in [3.8, 4) is 5.75 Å². The first kappa shape index (κ1) is 14.7. The zero-order valence-electron chi connectivity index (χ0n) is 12.7. The molecule has 1 aromatic carbocycles. The molecule has 0 fully saturated rings. The van der Waals surface area contributed by atoms with Crippen LogP contribution in [-0.4, -0.2) is 0 Å². The zero-order chi connectivity index (χ0) is 14.8. The molecule has 20 heavy (non-hydrogen) atoms. The number of aryl methyl sites for hydroxylation is 1. The van der Waals surface area contributed by atoms with E-state index in [1.54, 1.807) is 6.26 Å².